The quantitative estimate of drug-likeness (QED) is 0.0446. The molecule has 0 radical (unpaired) electrons. The highest BCUT2D eigenvalue weighted by Gasteiger charge is 2.40. The van der Waals surface area contributed by atoms with Crippen LogP contribution >= 0.6 is 0 Å². The van der Waals surface area contributed by atoms with Crippen LogP contribution in [0.5, 0.6) is 0 Å². The first-order valence-electron chi connectivity index (χ1n) is 27.1. The van der Waals surface area contributed by atoms with E-state index in [1.54, 1.807) is 0 Å². The maximum Gasteiger partial charge on any atom is 0.305 e. The van der Waals surface area contributed by atoms with Gasteiger partial charge in [-0.2, -0.15) is 0 Å². The van der Waals surface area contributed by atoms with Crippen LogP contribution in [0.1, 0.15) is 272 Å². The zero-order valence-electron chi connectivity index (χ0n) is 41.8. The van der Waals surface area contributed by atoms with Crippen LogP contribution < -0.4 is 0 Å². The Hall–Kier alpha value is -1.18. The summed E-state index contributed by atoms with van der Waals surface area (Å²) in [6, 6.07) is 0. The molecule has 61 heavy (non-hydrogen) atoms. The van der Waals surface area contributed by atoms with E-state index in [1.807, 2.05) is 0 Å². The molecule has 0 saturated carbocycles. The standard InChI is InChI=1S/C54H105NO6/c1-7-12-26-34-49(35-27-13-8-2)41-46-58-52(56)38-30-22-18-16-20-24-32-43-54(60-48-51(61-54)40-45-55(6)11-5)44-33-25-21-17-19-23-31-39-53(57)59-47-42-50(36-28-14-9-3)37-29-15-10-4/h49-51H,7-48H2,1-6H3. The van der Waals surface area contributed by atoms with Gasteiger partial charge in [-0.25, -0.2) is 0 Å². The van der Waals surface area contributed by atoms with E-state index >= 15 is 0 Å². The van der Waals surface area contributed by atoms with Gasteiger partial charge >= 0.3 is 11.9 Å². The van der Waals surface area contributed by atoms with Gasteiger partial charge in [0.2, 0.25) is 0 Å². The molecule has 0 aromatic rings. The van der Waals surface area contributed by atoms with Gasteiger partial charge < -0.3 is 23.8 Å². The maximum absolute atomic E-state index is 12.4. The number of hydrogen-bond donors (Lipinski definition) is 0. The second-order valence-electron chi connectivity index (χ2n) is 19.3. The van der Waals surface area contributed by atoms with Crippen molar-refractivity contribution in [1.29, 1.82) is 0 Å². The monoisotopic (exact) mass is 864 g/mol. The van der Waals surface area contributed by atoms with E-state index in [0.29, 0.717) is 37.9 Å². The minimum absolute atomic E-state index is 0.000955. The molecule has 1 unspecified atom stereocenters. The summed E-state index contributed by atoms with van der Waals surface area (Å²) in [5.74, 6) is 1.02. The fourth-order valence-electron chi connectivity index (χ4n) is 9.18. The van der Waals surface area contributed by atoms with Crippen molar-refractivity contribution in [3.63, 3.8) is 0 Å². The van der Waals surface area contributed by atoms with Crippen LogP contribution in [0.4, 0.5) is 0 Å². The third-order valence-corrected chi connectivity index (χ3v) is 13.6. The number of esters is 2. The van der Waals surface area contributed by atoms with Crippen molar-refractivity contribution >= 4 is 11.9 Å². The first kappa shape index (κ1) is 57.8. The lowest BCUT2D eigenvalue weighted by Crippen LogP contribution is -2.32. The zero-order chi connectivity index (χ0) is 44.5. The Labute approximate surface area is 380 Å². The molecule has 0 bridgehead atoms. The van der Waals surface area contributed by atoms with Crippen LogP contribution in [0.2, 0.25) is 0 Å². The average molecular weight is 864 g/mol. The molecule has 1 aliphatic heterocycles. The molecule has 1 rings (SSSR count). The SMILES string of the molecule is CCCCCC(CCCCC)CCOC(=O)CCCCCCCCCC1(CCCCCCCCCC(=O)OCCC(CCCCC)CCCCC)OCC(CCN(C)CC)O1. The number of ether oxygens (including phenoxy) is 4. The van der Waals surface area contributed by atoms with Crippen LogP contribution in [0.3, 0.4) is 0 Å². The van der Waals surface area contributed by atoms with Gasteiger partial charge in [0.25, 0.3) is 0 Å². The molecule has 0 spiro atoms. The highest BCUT2D eigenvalue weighted by molar-refractivity contribution is 5.69. The molecule has 0 aromatic carbocycles. The highest BCUT2D eigenvalue weighted by Crippen LogP contribution is 2.36. The van der Waals surface area contributed by atoms with Crippen molar-refractivity contribution in [2.45, 2.75) is 284 Å². The van der Waals surface area contributed by atoms with Crippen molar-refractivity contribution in [2.75, 3.05) is 40.0 Å². The summed E-state index contributed by atoms with van der Waals surface area (Å²) in [4.78, 5) is 27.2. The molecule has 0 amide bonds. The minimum atomic E-state index is -0.410. The van der Waals surface area contributed by atoms with Gasteiger partial charge in [-0.15, -0.1) is 0 Å². The molecule has 1 heterocycles. The number of carbonyl (C=O) groups is 2. The first-order valence-corrected chi connectivity index (χ1v) is 27.1. The molecule has 362 valence electrons. The summed E-state index contributed by atoms with van der Waals surface area (Å²) in [5, 5.41) is 0. The Kier molecular flexibility index (Phi) is 39.4. The van der Waals surface area contributed by atoms with Crippen molar-refractivity contribution in [3.8, 4) is 0 Å². The van der Waals surface area contributed by atoms with E-state index in [2.05, 4.69) is 46.6 Å². The minimum Gasteiger partial charge on any atom is -0.466 e. The van der Waals surface area contributed by atoms with Crippen LogP contribution in [0.25, 0.3) is 0 Å². The van der Waals surface area contributed by atoms with Gasteiger partial charge in [0.15, 0.2) is 5.79 Å². The Balaban J connectivity index is 2.26. The van der Waals surface area contributed by atoms with E-state index < -0.39 is 5.79 Å². The number of hydrogen-bond acceptors (Lipinski definition) is 7. The van der Waals surface area contributed by atoms with E-state index in [9.17, 15) is 9.59 Å². The predicted octanol–water partition coefficient (Wildman–Crippen LogP) is 15.9. The molecule has 1 aliphatic rings. The second-order valence-corrected chi connectivity index (χ2v) is 19.3. The molecule has 1 saturated heterocycles. The van der Waals surface area contributed by atoms with Crippen LogP contribution in [-0.2, 0) is 28.5 Å². The molecule has 1 fully saturated rings. The molecule has 0 N–H and O–H groups in total. The lowest BCUT2D eigenvalue weighted by atomic mass is 9.92. The van der Waals surface area contributed by atoms with Gasteiger partial charge in [0.05, 0.1) is 25.9 Å². The van der Waals surface area contributed by atoms with Crippen molar-refractivity contribution in [2.24, 2.45) is 11.8 Å². The van der Waals surface area contributed by atoms with E-state index in [4.69, 9.17) is 18.9 Å². The highest BCUT2D eigenvalue weighted by atomic mass is 16.7. The van der Waals surface area contributed by atoms with E-state index in [-0.39, 0.29) is 18.0 Å². The molecule has 0 aromatic heterocycles. The maximum atomic E-state index is 12.4. The van der Waals surface area contributed by atoms with Gasteiger partial charge in [-0.1, -0.05) is 202 Å². The summed E-state index contributed by atoms with van der Waals surface area (Å²) >= 11 is 0. The average Bonchev–Trinajstić information content (AvgIpc) is 3.67. The molecule has 0 aliphatic carbocycles. The summed E-state index contributed by atoms with van der Waals surface area (Å²) in [6.07, 6.45) is 43.3. The fraction of sp³-hybridized carbons (Fsp3) is 0.963. The van der Waals surface area contributed by atoms with Gasteiger partial charge in [-0.05, 0) is 70.4 Å². The lowest BCUT2D eigenvalue weighted by Gasteiger charge is -2.29. The number of rotatable bonds is 46. The summed E-state index contributed by atoms with van der Waals surface area (Å²) < 4.78 is 24.6. The van der Waals surface area contributed by atoms with Crippen LogP contribution in [0, 0.1) is 11.8 Å². The Morgan fingerprint density at radius 3 is 1.28 bits per heavy atom. The van der Waals surface area contributed by atoms with E-state index in [1.165, 1.54) is 154 Å². The van der Waals surface area contributed by atoms with Gasteiger partial charge in [0, 0.05) is 32.2 Å². The predicted molar refractivity (Wildman–Crippen MR) is 259 cm³/mol. The molecule has 7 heteroatoms. The van der Waals surface area contributed by atoms with Gasteiger partial charge in [0.1, 0.15) is 0 Å². The van der Waals surface area contributed by atoms with Crippen molar-refractivity contribution < 1.29 is 28.5 Å². The molecular formula is C54H105NO6. The molecular weight excluding hydrogens is 759 g/mol. The van der Waals surface area contributed by atoms with Crippen molar-refractivity contribution in [3.05, 3.63) is 0 Å². The summed E-state index contributed by atoms with van der Waals surface area (Å²) in [6.45, 7) is 15.3. The topological polar surface area (TPSA) is 74.3 Å². The fourth-order valence-corrected chi connectivity index (χ4v) is 9.18. The Bertz CT molecular complexity index is 895. The smallest absolute Gasteiger partial charge is 0.305 e. The normalized spacial score (nSPS) is 15.1. The Morgan fingerprint density at radius 1 is 0.525 bits per heavy atom. The van der Waals surface area contributed by atoms with Crippen molar-refractivity contribution in [1.82, 2.24) is 4.90 Å². The molecule has 1 atom stereocenters. The summed E-state index contributed by atoms with van der Waals surface area (Å²) in [7, 11) is 2.18. The largest absolute Gasteiger partial charge is 0.466 e. The van der Waals surface area contributed by atoms with Crippen LogP contribution in [-0.4, -0.2) is 68.7 Å². The second kappa shape index (κ2) is 41.5. The van der Waals surface area contributed by atoms with Crippen LogP contribution in [0.15, 0.2) is 0 Å². The third-order valence-electron chi connectivity index (χ3n) is 13.6. The number of nitrogens with zero attached hydrogens (tertiary/aromatic N) is 1. The lowest BCUT2D eigenvalue weighted by molar-refractivity contribution is -0.180. The first-order chi connectivity index (χ1) is 29.8. The third kappa shape index (κ3) is 33.9. The van der Waals surface area contributed by atoms with Gasteiger partial charge in [-0.3, -0.25) is 9.59 Å². The number of carbonyl (C=O) groups excluding carboxylic acids is 2. The zero-order valence-corrected chi connectivity index (χ0v) is 41.8. The molecule has 7 nitrogen and oxygen atoms in total. The number of unbranched alkanes of at least 4 members (excludes halogenated alkanes) is 20. The Morgan fingerprint density at radius 2 is 0.902 bits per heavy atom. The van der Waals surface area contributed by atoms with E-state index in [0.717, 1.165) is 90.3 Å². The summed E-state index contributed by atoms with van der Waals surface area (Å²) in [5.41, 5.74) is 0.